The van der Waals surface area contributed by atoms with Crippen LogP contribution in [-0.4, -0.2) is 59.7 Å². The van der Waals surface area contributed by atoms with Gasteiger partial charge in [-0.1, -0.05) is 19.1 Å². The molecule has 206 valence electrons. The van der Waals surface area contributed by atoms with E-state index in [1.54, 1.807) is 18.6 Å². The number of imidazole rings is 1. The Morgan fingerprint density at radius 1 is 1.10 bits per heavy atom. The van der Waals surface area contributed by atoms with E-state index in [9.17, 15) is 18.0 Å². The number of aromatic nitrogens is 5. The number of benzene rings is 1. The number of rotatable bonds is 6. The smallest absolute Gasteiger partial charge is 0.319 e. The maximum atomic E-state index is 14.2. The first kappa shape index (κ1) is 25.8. The third-order valence-corrected chi connectivity index (χ3v) is 7.99. The monoisotopic (exact) mass is 539 g/mol. The summed E-state index contributed by atoms with van der Waals surface area (Å²) >= 11 is 0. The van der Waals surface area contributed by atoms with Crippen LogP contribution < -0.4 is 5.69 Å². The van der Waals surface area contributed by atoms with Crippen molar-refractivity contribution in [2.24, 2.45) is 13.0 Å². The molecule has 0 radical (unpaired) electrons. The summed E-state index contributed by atoms with van der Waals surface area (Å²) in [7, 11) is 1.89. The van der Waals surface area contributed by atoms with Crippen LogP contribution in [0.2, 0.25) is 0 Å². The van der Waals surface area contributed by atoms with Gasteiger partial charge in [0.05, 0.1) is 22.8 Å². The van der Waals surface area contributed by atoms with E-state index in [2.05, 4.69) is 26.9 Å². The molecule has 2 atom stereocenters. The molecule has 3 aromatic heterocycles. The van der Waals surface area contributed by atoms with Crippen LogP contribution in [-0.2, 0) is 19.8 Å². The van der Waals surface area contributed by atoms with Crippen LogP contribution >= 0.6 is 0 Å². The van der Waals surface area contributed by atoms with Gasteiger partial charge in [-0.2, -0.15) is 13.2 Å². The van der Waals surface area contributed by atoms with Crippen molar-refractivity contribution >= 4 is 5.52 Å². The fourth-order valence-electron chi connectivity index (χ4n) is 5.94. The zero-order valence-electron chi connectivity index (χ0n) is 22.1. The van der Waals surface area contributed by atoms with Gasteiger partial charge in [0.15, 0.2) is 5.82 Å². The van der Waals surface area contributed by atoms with Gasteiger partial charge in [0.25, 0.3) is 0 Å². The standard InChI is InChI=1S/C28H32F3N7O/c1-19-6-4-9-35(14-19)15-20-12-23(28(29,30)31)24-17-37(27(39)38(24)16-20)22-8-3-7-21(13-22)25(36-10-5-11-36)26-33-32-18-34(26)2/h3,7-8,12-13,16-19,25H,4-6,9-11,14-15H2,1-2H3/t19-,25?/m0/s1. The lowest BCUT2D eigenvalue weighted by Gasteiger charge is -2.38. The summed E-state index contributed by atoms with van der Waals surface area (Å²) in [6, 6.07) is 8.43. The van der Waals surface area contributed by atoms with Gasteiger partial charge in [-0.25, -0.2) is 4.79 Å². The van der Waals surface area contributed by atoms with Crippen LogP contribution in [0.5, 0.6) is 0 Å². The van der Waals surface area contributed by atoms with Crippen LogP contribution in [0.1, 0.15) is 54.7 Å². The van der Waals surface area contributed by atoms with Gasteiger partial charge in [-0.15, -0.1) is 10.2 Å². The van der Waals surface area contributed by atoms with E-state index >= 15 is 0 Å². The third-order valence-electron chi connectivity index (χ3n) is 7.99. The quantitative estimate of drug-likeness (QED) is 0.366. The van der Waals surface area contributed by atoms with Crippen molar-refractivity contribution in [2.45, 2.75) is 44.9 Å². The predicted octanol–water partition coefficient (Wildman–Crippen LogP) is 4.26. The summed E-state index contributed by atoms with van der Waals surface area (Å²) < 4.78 is 47.0. The first-order valence-electron chi connectivity index (χ1n) is 13.4. The molecule has 0 N–H and O–H groups in total. The topological polar surface area (TPSA) is 63.6 Å². The number of hydrogen-bond acceptors (Lipinski definition) is 5. The van der Waals surface area contributed by atoms with Crippen molar-refractivity contribution in [1.29, 1.82) is 0 Å². The lowest BCUT2D eigenvalue weighted by Crippen LogP contribution is -2.41. The fourth-order valence-corrected chi connectivity index (χ4v) is 5.94. The second-order valence-electron chi connectivity index (χ2n) is 11.0. The van der Waals surface area contributed by atoms with Crippen molar-refractivity contribution in [3.05, 3.63) is 82.1 Å². The minimum atomic E-state index is -4.59. The van der Waals surface area contributed by atoms with E-state index in [0.717, 1.165) is 61.2 Å². The molecule has 2 aliphatic rings. The highest BCUT2D eigenvalue weighted by Crippen LogP contribution is 2.35. The Morgan fingerprint density at radius 2 is 1.92 bits per heavy atom. The number of pyridine rings is 1. The fraction of sp³-hybridized carbons (Fsp3) is 0.464. The van der Waals surface area contributed by atoms with Crippen molar-refractivity contribution < 1.29 is 13.2 Å². The van der Waals surface area contributed by atoms with Crippen molar-refractivity contribution in [2.75, 3.05) is 26.2 Å². The largest absolute Gasteiger partial charge is 0.418 e. The molecule has 8 nitrogen and oxygen atoms in total. The molecule has 4 aromatic rings. The Balaban J connectivity index is 1.42. The predicted molar refractivity (Wildman–Crippen MR) is 141 cm³/mol. The summed E-state index contributed by atoms with van der Waals surface area (Å²) in [5.74, 6) is 1.28. The number of piperidine rings is 1. The minimum absolute atomic E-state index is 0.152. The van der Waals surface area contributed by atoms with Gasteiger partial charge < -0.3 is 4.57 Å². The normalized spacial score (nSPS) is 19.9. The molecule has 5 heterocycles. The molecule has 11 heteroatoms. The number of hydrogen-bond donors (Lipinski definition) is 0. The van der Waals surface area contributed by atoms with E-state index in [1.807, 2.05) is 29.8 Å². The number of halogens is 3. The minimum Gasteiger partial charge on any atom is -0.319 e. The summed E-state index contributed by atoms with van der Waals surface area (Å²) in [6.07, 6.45) is 3.15. The second-order valence-corrected chi connectivity index (χ2v) is 11.0. The van der Waals surface area contributed by atoms with Gasteiger partial charge in [-0.05, 0) is 61.1 Å². The molecule has 2 aliphatic heterocycles. The molecule has 0 bridgehead atoms. The average molecular weight is 540 g/mol. The molecule has 6 rings (SSSR count). The number of likely N-dealkylation sites (tertiary alicyclic amines) is 2. The maximum Gasteiger partial charge on any atom is 0.418 e. The van der Waals surface area contributed by atoms with Gasteiger partial charge in [0, 0.05) is 45.6 Å². The van der Waals surface area contributed by atoms with Crippen molar-refractivity contribution in [1.82, 2.24) is 33.5 Å². The number of alkyl halides is 3. The molecule has 0 spiro atoms. The molecule has 1 unspecified atom stereocenters. The van der Waals surface area contributed by atoms with E-state index in [0.29, 0.717) is 23.7 Å². The Hall–Kier alpha value is -3.44. The molecule has 2 fully saturated rings. The average Bonchev–Trinajstić information content (AvgIpc) is 3.43. The highest BCUT2D eigenvalue weighted by Gasteiger charge is 2.35. The molecule has 39 heavy (non-hydrogen) atoms. The number of fused-ring (bicyclic) bond motifs is 1. The third kappa shape index (κ3) is 4.89. The lowest BCUT2D eigenvalue weighted by molar-refractivity contribution is -0.136. The Kier molecular flexibility index (Phi) is 6.58. The van der Waals surface area contributed by atoms with Gasteiger partial charge >= 0.3 is 11.9 Å². The Bertz CT molecular complexity index is 1550. The van der Waals surface area contributed by atoms with Gasteiger partial charge in [0.2, 0.25) is 0 Å². The van der Waals surface area contributed by atoms with Crippen LogP contribution in [0.3, 0.4) is 0 Å². The van der Waals surface area contributed by atoms with Crippen LogP contribution in [0.4, 0.5) is 13.2 Å². The summed E-state index contributed by atoms with van der Waals surface area (Å²) in [5, 5.41) is 8.36. The van der Waals surface area contributed by atoms with E-state index < -0.39 is 17.4 Å². The SMILES string of the molecule is C[C@H]1CCCN(Cc2cc(C(F)(F)F)c3cn(-c4cccc(C(c5nncn5C)N5CCC5)c4)c(=O)n3c2)C1. The number of nitrogens with zero attached hydrogens (tertiary/aromatic N) is 7. The van der Waals surface area contributed by atoms with E-state index in [4.69, 9.17) is 0 Å². The first-order valence-corrected chi connectivity index (χ1v) is 13.4. The second kappa shape index (κ2) is 9.95. The molecule has 2 saturated heterocycles. The summed E-state index contributed by atoms with van der Waals surface area (Å²) in [6.45, 7) is 6.04. The zero-order valence-corrected chi connectivity index (χ0v) is 22.1. The Labute approximate surface area is 224 Å². The molecule has 0 saturated carbocycles. The van der Waals surface area contributed by atoms with E-state index in [1.165, 1.54) is 16.8 Å². The number of aryl methyl sites for hydroxylation is 1. The molecular formula is C28H32F3N7O. The van der Waals surface area contributed by atoms with Crippen LogP contribution in [0.25, 0.3) is 11.2 Å². The molecular weight excluding hydrogens is 507 g/mol. The van der Waals surface area contributed by atoms with Gasteiger partial charge in [0.1, 0.15) is 6.33 Å². The highest BCUT2D eigenvalue weighted by atomic mass is 19.4. The summed E-state index contributed by atoms with van der Waals surface area (Å²) in [4.78, 5) is 18.0. The van der Waals surface area contributed by atoms with Gasteiger partial charge in [-0.3, -0.25) is 18.8 Å². The molecule has 0 aliphatic carbocycles. The molecule has 1 aromatic carbocycles. The Morgan fingerprint density at radius 3 is 2.59 bits per heavy atom. The highest BCUT2D eigenvalue weighted by molar-refractivity contribution is 5.58. The first-order chi connectivity index (χ1) is 18.7. The summed E-state index contributed by atoms with van der Waals surface area (Å²) in [5.41, 5.74) is 0.420. The lowest BCUT2D eigenvalue weighted by atomic mass is 10.00. The van der Waals surface area contributed by atoms with Crippen molar-refractivity contribution in [3.63, 3.8) is 0 Å². The zero-order chi connectivity index (χ0) is 27.3. The van der Waals surface area contributed by atoms with Crippen LogP contribution in [0, 0.1) is 5.92 Å². The van der Waals surface area contributed by atoms with E-state index in [-0.39, 0.29) is 11.6 Å². The molecule has 0 amide bonds. The maximum absolute atomic E-state index is 14.2. The van der Waals surface area contributed by atoms with Crippen molar-refractivity contribution in [3.8, 4) is 5.69 Å². The van der Waals surface area contributed by atoms with Crippen LogP contribution in [0.15, 0.2) is 53.8 Å².